The molecule has 3 aromatic rings. The van der Waals surface area contributed by atoms with Gasteiger partial charge < -0.3 is 19.1 Å². The van der Waals surface area contributed by atoms with Gasteiger partial charge in [-0.2, -0.15) is 0 Å². The summed E-state index contributed by atoms with van der Waals surface area (Å²) in [6.45, 7) is 0. The fraction of sp³-hybridized carbons (Fsp3) is 0.240. The highest BCUT2D eigenvalue weighted by Crippen LogP contribution is 2.43. The lowest BCUT2D eigenvalue weighted by Crippen LogP contribution is -2.07. The lowest BCUT2D eigenvalue weighted by Gasteiger charge is -2.17. The lowest BCUT2D eigenvalue weighted by molar-refractivity contribution is 0.207. The average Bonchev–Trinajstić information content (AvgIpc) is 3.36. The Hall–Kier alpha value is -3.03. The molecule has 0 spiro atoms. The largest absolute Gasteiger partial charge is 0.591 e. The molecule has 5 nitrogen and oxygen atoms in total. The van der Waals surface area contributed by atoms with Crippen LogP contribution in [0.2, 0.25) is 0 Å². The third kappa shape index (κ3) is 3.72. The van der Waals surface area contributed by atoms with Crippen molar-refractivity contribution in [3.05, 3.63) is 83.2 Å². The molecule has 0 bridgehead atoms. The number of ether oxygens (including phenoxy) is 2. The molecule has 0 saturated carbocycles. The first kappa shape index (κ1) is 20.8. The van der Waals surface area contributed by atoms with Gasteiger partial charge in [0.1, 0.15) is 34.8 Å². The normalized spacial score (nSPS) is 21.8. The van der Waals surface area contributed by atoms with Gasteiger partial charge in [-0.15, -0.1) is 0 Å². The number of nitrogens with zero attached hydrogens (tertiary/aromatic N) is 1. The monoisotopic (exact) mass is 451 g/mol. The number of aliphatic hydroxyl groups is 1. The number of rotatable bonds is 5. The van der Waals surface area contributed by atoms with E-state index < -0.39 is 11.4 Å². The van der Waals surface area contributed by atoms with E-state index in [0.717, 1.165) is 35.1 Å². The second-order valence-corrected chi connectivity index (χ2v) is 9.19. The second kappa shape index (κ2) is 8.48. The van der Waals surface area contributed by atoms with Crippen LogP contribution in [0.25, 0.3) is 11.1 Å². The van der Waals surface area contributed by atoms with Gasteiger partial charge in [-0.3, -0.25) is 0 Å². The molecule has 0 radical (unpaired) electrons. The van der Waals surface area contributed by atoms with Gasteiger partial charge in [0.2, 0.25) is 5.90 Å². The smallest absolute Gasteiger partial charge is 0.240 e. The molecule has 0 aromatic heterocycles. The van der Waals surface area contributed by atoms with E-state index in [1.165, 1.54) is 6.07 Å². The standard InChI is InChI=1S/C25H22FNO4S/c1-30-22-7-3-6-20(26)25(22)19-5-2-4-18-17(19)12-13-21(18)31-16-10-8-15(9-11-16)23-14-24(28)27-32(23)29/h2-11,21,23H,12-14H2,1H3,(H,27,28)/t21-,23?,32?/m1/s1. The van der Waals surface area contributed by atoms with Crippen molar-refractivity contribution >= 4 is 17.3 Å². The Balaban J connectivity index is 1.39. The van der Waals surface area contributed by atoms with Crippen LogP contribution in [0.1, 0.15) is 40.9 Å². The molecule has 3 atom stereocenters. The van der Waals surface area contributed by atoms with Gasteiger partial charge in [0.05, 0.1) is 19.1 Å². The number of fused-ring (bicyclic) bond motifs is 1. The van der Waals surface area contributed by atoms with E-state index in [2.05, 4.69) is 4.40 Å². The van der Waals surface area contributed by atoms with E-state index in [9.17, 15) is 14.0 Å². The molecule has 2 unspecified atom stereocenters. The Morgan fingerprint density at radius 1 is 1.09 bits per heavy atom. The molecule has 164 valence electrons. The SMILES string of the molecule is COc1cccc(F)c1-c1cccc2c1CC[C@H]2Oc1ccc(C2CC(O)=N[S+]2[O-])cc1. The first-order valence-corrected chi connectivity index (χ1v) is 11.6. The summed E-state index contributed by atoms with van der Waals surface area (Å²) < 4.78 is 42.1. The molecule has 5 rings (SSSR count). The number of benzene rings is 3. The van der Waals surface area contributed by atoms with Gasteiger partial charge >= 0.3 is 0 Å². The van der Waals surface area contributed by atoms with Crippen molar-refractivity contribution < 1.29 is 23.5 Å². The Labute approximate surface area is 188 Å². The number of hydrogen-bond acceptors (Lipinski definition) is 4. The highest BCUT2D eigenvalue weighted by molar-refractivity contribution is 7.90. The zero-order chi connectivity index (χ0) is 22.2. The Kier molecular flexibility index (Phi) is 5.53. The lowest BCUT2D eigenvalue weighted by atomic mass is 9.95. The summed E-state index contributed by atoms with van der Waals surface area (Å²) in [6, 6.07) is 18.2. The minimum Gasteiger partial charge on any atom is -0.591 e. The predicted molar refractivity (Wildman–Crippen MR) is 122 cm³/mol. The molecule has 2 aliphatic rings. The highest BCUT2D eigenvalue weighted by Gasteiger charge is 2.34. The summed E-state index contributed by atoms with van der Waals surface area (Å²) in [6.07, 6.45) is 1.72. The van der Waals surface area contributed by atoms with Crippen molar-refractivity contribution in [2.24, 2.45) is 4.40 Å². The first-order chi connectivity index (χ1) is 15.5. The summed E-state index contributed by atoms with van der Waals surface area (Å²) in [5.74, 6) is 0.836. The Morgan fingerprint density at radius 2 is 1.88 bits per heavy atom. The molecule has 0 saturated heterocycles. The summed E-state index contributed by atoms with van der Waals surface area (Å²) in [7, 11) is 1.55. The number of aliphatic hydroxyl groups excluding tert-OH is 1. The minimum absolute atomic E-state index is 0.0708. The summed E-state index contributed by atoms with van der Waals surface area (Å²) in [5.41, 5.74) is 4.29. The Bertz CT molecular complexity index is 1180. The maximum atomic E-state index is 14.7. The van der Waals surface area contributed by atoms with Crippen LogP contribution in [0.3, 0.4) is 0 Å². The summed E-state index contributed by atoms with van der Waals surface area (Å²) in [4.78, 5) is 0. The van der Waals surface area contributed by atoms with E-state index >= 15 is 0 Å². The average molecular weight is 452 g/mol. The van der Waals surface area contributed by atoms with Gasteiger partial charge in [0.25, 0.3) is 0 Å². The van der Waals surface area contributed by atoms with Crippen LogP contribution in [-0.2, 0) is 17.8 Å². The highest BCUT2D eigenvalue weighted by atomic mass is 32.2. The fourth-order valence-corrected chi connectivity index (χ4v) is 5.60. The first-order valence-electron chi connectivity index (χ1n) is 10.4. The van der Waals surface area contributed by atoms with Gasteiger partial charge in [-0.25, -0.2) is 4.39 Å². The molecule has 1 aliphatic heterocycles. The van der Waals surface area contributed by atoms with Crippen LogP contribution in [-0.4, -0.2) is 22.7 Å². The maximum absolute atomic E-state index is 14.7. The molecular formula is C25H22FNO4S. The van der Waals surface area contributed by atoms with Crippen molar-refractivity contribution in [2.45, 2.75) is 30.6 Å². The van der Waals surface area contributed by atoms with Crippen LogP contribution < -0.4 is 9.47 Å². The molecule has 3 aromatic carbocycles. The van der Waals surface area contributed by atoms with Gasteiger partial charge in [0.15, 0.2) is 5.25 Å². The molecule has 1 heterocycles. The molecular weight excluding hydrogens is 429 g/mol. The topological polar surface area (TPSA) is 74.1 Å². The van der Waals surface area contributed by atoms with Crippen LogP contribution in [0, 0.1) is 5.82 Å². The van der Waals surface area contributed by atoms with Gasteiger partial charge in [-0.1, -0.05) is 36.4 Å². The molecule has 0 amide bonds. The van der Waals surface area contributed by atoms with Crippen LogP contribution in [0.15, 0.2) is 65.1 Å². The fourth-order valence-electron chi connectivity index (χ4n) is 4.51. The maximum Gasteiger partial charge on any atom is 0.240 e. The summed E-state index contributed by atoms with van der Waals surface area (Å²) in [5, 5.41) is 9.20. The van der Waals surface area contributed by atoms with E-state index in [0.29, 0.717) is 17.1 Å². The zero-order valence-electron chi connectivity index (χ0n) is 17.5. The van der Waals surface area contributed by atoms with E-state index in [1.807, 2.05) is 42.5 Å². The predicted octanol–water partition coefficient (Wildman–Crippen LogP) is 5.63. The van der Waals surface area contributed by atoms with Gasteiger partial charge in [0, 0.05) is 5.56 Å². The number of halogens is 1. The van der Waals surface area contributed by atoms with Crippen LogP contribution in [0.4, 0.5) is 4.39 Å². The third-order valence-corrected chi connectivity index (χ3v) is 7.33. The number of methoxy groups -OCH3 is 1. The quantitative estimate of drug-likeness (QED) is 0.510. The third-order valence-electron chi connectivity index (χ3n) is 6.02. The molecule has 7 heteroatoms. The molecule has 0 fully saturated rings. The summed E-state index contributed by atoms with van der Waals surface area (Å²) >= 11 is -1.45. The molecule has 1 N–H and O–H groups in total. The van der Waals surface area contributed by atoms with Crippen LogP contribution in [0.5, 0.6) is 11.5 Å². The number of hydrogen-bond donors (Lipinski definition) is 1. The molecule has 1 aliphatic carbocycles. The van der Waals surface area contributed by atoms with Crippen LogP contribution >= 0.6 is 0 Å². The second-order valence-electron chi connectivity index (χ2n) is 7.88. The molecule has 32 heavy (non-hydrogen) atoms. The Morgan fingerprint density at radius 3 is 2.59 bits per heavy atom. The van der Waals surface area contributed by atoms with Crippen molar-refractivity contribution in [3.8, 4) is 22.6 Å². The van der Waals surface area contributed by atoms with Gasteiger partial charge in [-0.05, 0) is 58.2 Å². The van der Waals surface area contributed by atoms with Crippen molar-refractivity contribution in [1.29, 1.82) is 0 Å². The van der Waals surface area contributed by atoms with E-state index in [4.69, 9.17) is 9.47 Å². The van der Waals surface area contributed by atoms with Crippen molar-refractivity contribution in [2.75, 3.05) is 7.11 Å². The van der Waals surface area contributed by atoms with E-state index in [1.54, 1.807) is 19.2 Å². The van der Waals surface area contributed by atoms with E-state index in [-0.39, 0.29) is 29.5 Å². The van der Waals surface area contributed by atoms with Crippen molar-refractivity contribution in [3.63, 3.8) is 0 Å². The van der Waals surface area contributed by atoms with Crippen molar-refractivity contribution in [1.82, 2.24) is 0 Å². The zero-order valence-corrected chi connectivity index (χ0v) is 18.3. The minimum atomic E-state index is -1.45.